The summed E-state index contributed by atoms with van der Waals surface area (Å²) in [7, 11) is 0. The molecule has 9 heteroatoms. The number of benzene rings is 2. The van der Waals surface area contributed by atoms with Crippen LogP contribution in [0.3, 0.4) is 0 Å². The second kappa shape index (κ2) is 10.2. The quantitative estimate of drug-likeness (QED) is 0.405. The fourth-order valence-corrected chi connectivity index (χ4v) is 2.92. The fraction of sp³-hybridized carbons (Fsp3) is 0.174. The summed E-state index contributed by atoms with van der Waals surface area (Å²) in [5.74, 6) is -0.207. The number of rotatable bonds is 9. The van der Waals surface area contributed by atoms with Crippen LogP contribution in [0.25, 0.3) is 0 Å². The molecule has 0 unspecified atom stereocenters. The van der Waals surface area contributed by atoms with Crippen molar-refractivity contribution in [3.05, 3.63) is 65.9 Å². The van der Waals surface area contributed by atoms with Gasteiger partial charge in [-0.1, -0.05) is 25.1 Å². The summed E-state index contributed by atoms with van der Waals surface area (Å²) in [4.78, 5) is 43.3. The Morgan fingerprint density at radius 1 is 0.969 bits per heavy atom. The van der Waals surface area contributed by atoms with Crippen LogP contribution in [0.15, 0.2) is 54.7 Å². The third-order valence-corrected chi connectivity index (χ3v) is 4.51. The number of ketones is 1. The predicted octanol–water partition coefficient (Wildman–Crippen LogP) is 3.54. The molecule has 32 heavy (non-hydrogen) atoms. The lowest BCUT2D eigenvalue weighted by Gasteiger charge is -2.12. The number of primary amides is 1. The van der Waals surface area contributed by atoms with Crippen LogP contribution in [-0.2, 0) is 16.0 Å². The van der Waals surface area contributed by atoms with Crippen molar-refractivity contribution in [2.75, 3.05) is 16.0 Å². The molecule has 0 aliphatic rings. The highest BCUT2D eigenvalue weighted by Gasteiger charge is 2.13. The molecule has 5 N–H and O–H groups in total. The van der Waals surface area contributed by atoms with Gasteiger partial charge >= 0.3 is 0 Å². The highest BCUT2D eigenvalue weighted by atomic mass is 16.1. The first kappa shape index (κ1) is 22.4. The van der Waals surface area contributed by atoms with Gasteiger partial charge in [0.25, 0.3) is 5.91 Å². The van der Waals surface area contributed by atoms with E-state index in [2.05, 4.69) is 25.9 Å². The maximum Gasteiger partial charge on any atom is 0.254 e. The average molecular weight is 432 g/mol. The Bertz CT molecular complexity index is 1140. The normalized spacial score (nSPS) is 10.3. The van der Waals surface area contributed by atoms with Crippen LogP contribution in [0, 0.1) is 0 Å². The lowest BCUT2D eigenvalue weighted by atomic mass is 10.1. The van der Waals surface area contributed by atoms with Crippen molar-refractivity contribution in [1.82, 2.24) is 9.97 Å². The minimum atomic E-state index is -0.670. The molecule has 3 aromatic rings. The number of hydrogen-bond donors (Lipinski definition) is 4. The number of nitrogens with zero attached hydrogens (tertiary/aromatic N) is 2. The molecular weight excluding hydrogens is 408 g/mol. The van der Waals surface area contributed by atoms with Gasteiger partial charge in [-0.15, -0.1) is 0 Å². The van der Waals surface area contributed by atoms with Gasteiger partial charge in [0, 0.05) is 43.0 Å². The van der Waals surface area contributed by atoms with Crippen molar-refractivity contribution in [2.45, 2.75) is 26.7 Å². The summed E-state index contributed by atoms with van der Waals surface area (Å²) in [5.41, 5.74) is 8.46. The first-order valence-electron chi connectivity index (χ1n) is 10.0. The number of aromatic nitrogens is 2. The third kappa shape index (κ3) is 6.11. The molecule has 3 rings (SSSR count). The van der Waals surface area contributed by atoms with Crippen molar-refractivity contribution in [1.29, 1.82) is 0 Å². The van der Waals surface area contributed by atoms with Crippen molar-refractivity contribution in [3.63, 3.8) is 0 Å². The van der Waals surface area contributed by atoms with Crippen LogP contribution >= 0.6 is 0 Å². The minimum Gasteiger partial charge on any atom is -0.365 e. The van der Waals surface area contributed by atoms with E-state index in [0.29, 0.717) is 29.9 Å². The number of carbonyl (C=O) groups excluding carboxylic acids is 3. The monoisotopic (exact) mass is 432 g/mol. The largest absolute Gasteiger partial charge is 0.365 e. The molecule has 0 aliphatic heterocycles. The molecule has 9 nitrogen and oxygen atoms in total. The van der Waals surface area contributed by atoms with E-state index in [-0.39, 0.29) is 29.0 Å². The van der Waals surface area contributed by atoms with Gasteiger partial charge in [-0.2, -0.15) is 4.98 Å². The first-order chi connectivity index (χ1) is 15.3. The smallest absolute Gasteiger partial charge is 0.254 e. The molecule has 2 amide bonds. The Hall–Kier alpha value is -4.27. The lowest BCUT2D eigenvalue weighted by molar-refractivity contribution is -0.118. The maximum absolute atomic E-state index is 11.8. The molecule has 1 heterocycles. The van der Waals surface area contributed by atoms with E-state index < -0.39 is 5.91 Å². The molecule has 0 bridgehead atoms. The van der Waals surface area contributed by atoms with Gasteiger partial charge in [0.05, 0.1) is 0 Å². The summed E-state index contributed by atoms with van der Waals surface area (Å²) in [6, 6.07) is 14.3. The van der Waals surface area contributed by atoms with Gasteiger partial charge in [0.2, 0.25) is 11.9 Å². The van der Waals surface area contributed by atoms with Crippen molar-refractivity contribution >= 4 is 46.4 Å². The van der Waals surface area contributed by atoms with E-state index in [4.69, 9.17) is 5.73 Å². The number of nitrogens with two attached hydrogens (primary N) is 1. The van der Waals surface area contributed by atoms with E-state index in [1.165, 1.54) is 13.1 Å². The number of Topliss-reactive ketones (excluding diaryl/α,β-unsaturated/α-hetero) is 1. The van der Waals surface area contributed by atoms with Crippen LogP contribution in [-0.4, -0.2) is 27.6 Å². The van der Waals surface area contributed by atoms with Crippen LogP contribution in [0.5, 0.6) is 0 Å². The SMILES string of the molecule is CCC(=O)Cc1ccc(Nc2nc(Nc3cccc(NC(C)=O)c3)ncc2C(N)=O)cc1. The number of amides is 2. The lowest BCUT2D eigenvalue weighted by Crippen LogP contribution is -2.15. The van der Waals surface area contributed by atoms with Crippen LogP contribution in [0.2, 0.25) is 0 Å². The molecule has 0 spiro atoms. The molecule has 0 radical (unpaired) electrons. The highest BCUT2D eigenvalue weighted by Crippen LogP contribution is 2.23. The van der Waals surface area contributed by atoms with Gasteiger partial charge in [-0.25, -0.2) is 4.98 Å². The molecule has 0 fully saturated rings. The van der Waals surface area contributed by atoms with E-state index in [1.807, 2.05) is 19.1 Å². The molecule has 1 aromatic heterocycles. The molecule has 164 valence electrons. The topological polar surface area (TPSA) is 139 Å². The third-order valence-electron chi connectivity index (χ3n) is 4.51. The van der Waals surface area contributed by atoms with Crippen molar-refractivity contribution < 1.29 is 14.4 Å². The average Bonchev–Trinajstić information content (AvgIpc) is 2.75. The number of carbonyl (C=O) groups is 3. The summed E-state index contributed by atoms with van der Waals surface area (Å²) in [6.45, 7) is 3.26. The first-order valence-corrected chi connectivity index (χ1v) is 10.0. The summed E-state index contributed by atoms with van der Waals surface area (Å²) in [5, 5.41) is 8.83. The zero-order chi connectivity index (χ0) is 23.1. The van der Waals surface area contributed by atoms with E-state index in [9.17, 15) is 14.4 Å². The van der Waals surface area contributed by atoms with Crippen LogP contribution < -0.4 is 21.7 Å². The second-order valence-corrected chi connectivity index (χ2v) is 7.10. The molecular formula is C23H24N6O3. The molecule has 0 aliphatic carbocycles. The zero-order valence-electron chi connectivity index (χ0n) is 17.8. The maximum atomic E-state index is 11.8. The number of anilines is 5. The Labute approximate surface area is 185 Å². The minimum absolute atomic E-state index is 0.132. The van der Waals surface area contributed by atoms with Gasteiger partial charge in [-0.3, -0.25) is 14.4 Å². The Kier molecular flexibility index (Phi) is 7.12. The van der Waals surface area contributed by atoms with E-state index in [0.717, 1.165) is 5.56 Å². The van der Waals surface area contributed by atoms with Crippen LogP contribution in [0.1, 0.15) is 36.2 Å². The number of nitrogens with one attached hydrogen (secondary N) is 3. The van der Waals surface area contributed by atoms with E-state index in [1.54, 1.807) is 36.4 Å². The van der Waals surface area contributed by atoms with Gasteiger partial charge in [-0.05, 0) is 35.9 Å². The van der Waals surface area contributed by atoms with Gasteiger partial charge < -0.3 is 21.7 Å². The Morgan fingerprint density at radius 2 is 1.69 bits per heavy atom. The van der Waals surface area contributed by atoms with Crippen LogP contribution in [0.4, 0.5) is 28.8 Å². The predicted molar refractivity (Wildman–Crippen MR) is 123 cm³/mol. The van der Waals surface area contributed by atoms with Gasteiger partial charge in [0.1, 0.15) is 17.2 Å². The molecule has 2 aromatic carbocycles. The summed E-state index contributed by atoms with van der Waals surface area (Å²) in [6.07, 6.45) is 2.21. The van der Waals surface area contributed by atoms with Crippen molar-refractivity contribution in [3.8, 4) is 0 Å². The second-order valence-electron chi connectivity index (χ2n) is 7.10. The van der Waals surface area contributed by atoms with Gasteiger partial charge in [0.15, 0.2) is 0 Å². The zero-order valence-corrected chi connectivity index (χ0v) is 17.8. The molecule has 0 atom stereocenters. The Morgan fingerprint density at radius 3 is 2.34 bits per heavy atom. The number of hydrogen-bond acceptors (Lipinski definition) is 7. The Balaban J connectivity index is 1.81. The van der Waals surface area contributed by atoms with E-state index >= 15 is 0 Å². The molecule has 0 saturated heterocycles. The highest BCUT2D eigenvalue weighted by molar-refractivity contribution is 5.98. The van der Waals surface area contributed by atoms with Crippen molar-refractivity contribution in [2.24, 2.45) is 5.73 Å². The fourth-order valence-electron chi connectivity index (χ4n) is 2.92. The summed E-state index contributed by atoms with van der Waals surface area (Å²) >= 11 is 0. The standard InChI is InChI=1S/C23H24N6O3/c1-3-19(31)11-15-7-9-16(10-8-15)27-22-20(21(24)32)13-25-23(29-22)28-18-6-4-5-17(12-18)26-14(2)30/h4-10,12-13H,3,11H2,1-2H3,(H2,24,32)(H,26,30)(H2,25,27,28,29). The summed E-state index contributed by atoms with van der Waals surface area (Å²) < 4.78 is 0. The molecule has 0 saturated carbocycles.